The molecule has 0 saturated carbocycles. The van der Waals surface area contributed by atoms with Crippen molar-refractivity contribution in [3.8, 4) is 17.2 Å². The van der Waals surface area contributed by atoms with Crippen molar-refractivity contribution in [2.24, 2.45) is 0 Å². The fourth-order valence-electron chi connectivity index (χ4n) is 4.79. The second-order valence-electron chi connectivity index (χ2n) is 9.67. The monoisotopic (exact) mass is 502 g/mol. The van der Waals surface area contributed by atoms with Gasteiger partial charge in [0.25, 0.3) is 0 Å². The minimum Gasteiger partial charge on any atom is -0.497 e. The molecule has 2 heterocycles. The maximum atomic E-state index is 13.0. The van der Waals surface area contributed by atoms with E-state index in [1.54, 1.807) is 32.4 Å². The van der Waals surface area contributed by atoms with Crippen LogP contribution in [0.1, 0.15) is 56.7 Å². The quantitative estimate of drug-likeness (QED) is 0.590. The number of aryl methyl sites for hydroxylation is 1. The number of sulfonamides is 1. The number of carbonyl (C=O) groups excluding carboxylic acids is 1. The second-order valence-corrected chi connectivity index (χ2v) is 11.6. The average Bonchev–Trinajstić information content (AvgIpc) is 3.37. The van der Waals surface area contributed by atoms with Crippen LogP contribution in [0.5, 0.6) is 17.2 Å². The van der Waals surface area contributed by atoms with Crippen LogP contribution >= 0.6 is 0 Å². The molecule has 0 bridgehead atoms. The molecule has 1 N–H and O–H groups in total. The van der Waals surface area contributed by atoms with E-state index in [1.165, 1.54) is 4.31 Å². The van der Waals surface area contributed by atoms with Crippen LogP contribution < -0.4 is 19.5 Å². The Morgan fingerprint density at radius 2 is 1.86 bits per heavy atom. The maximum Gasteiger partial charge on any atom is 0.243 e. The molecule has 0 aliphatic carbocycles. The van der Waals surface area contributed by atoms with E-state index in [2.05, 4.69) is 5.32 Å². The van der Waals surface area contributed by atoms with Gasteiger partial charge in [0.05, 0.1) is 25.2 Å². The Balaban J connectivity index is 1.48. The van der Waals surface area contributed by atoms with E-state index >= 15 is 0 Å². The Kier molecular flexibility index (Phi) is 7.28. The highest BCUT2D eigenvalue weighted by Crippen LogP contribution is 2.41. The molecule has 1 amide bonds. The van der Waals surface area contributed by atoms with E-state index in [0.717, 1.165) is 18.4 Å². The summed E-state index contributed by atoms with van der Waals surface area (Å²) in [6.07, 6.45) is 2.95. The van der Waals surface area contributed by atoms with Gasteiger partial charge in [0.2, 0.25) is 15.9 Å². The predicted molar refractivity (Wildman–Crippen MR) is 133 cm³/mol. The van der Waals surface area contributed by atoms with Gasteiger partial charge in [-0.25, -0.2) is 8.42 Å². The lowest BCUT2D eigenvalue weighted by molar-refractivity contribution is -0.122. The van der Waals surface area contributed by atoms with E-state index in [1.807, 2.05) is 32.0 Å². The van der Waals surface area contributed by atoms with Crippen molar-refractivity contribution < 1.29 is 27.4 Å². The van der Waals surface area contributed by atoms with E-state index in [9.17, 15) is 13.2 Å². The fraction of sp³-hybridized carbons (Fsp3) is 0.500. The molecule has 35 heavy (non-hydrogen) atoms. The number of amides is 1. The molecule has 190 valence electrons. The first-order valence-corrected chi connectivity index (χ1v) is 13.4. The van der Waals surface area contributed by atoms with Crippen LogP contribution in [0.15, 0.2) is 41.3 Å². The highest BCUT2D eigenvalue weighted by atomic mass is 32.2. The third-order valence-electron chi connectivity index (χ3n) is 6.59. The van der Waals surface area contributed by atoms with Gasteiger partial charge in [-0.2, -0.15) is 4.31 Å². The number of nitrogens with one attached hydrogen (secondary N) is 1. The summed E-state index contributed by atoms with van der Waals surface area (Å²) in [4.78, 5) is 13.2. The molecule has 4 rings (SSSR count). The Bertz CT molecular complexity index is 1190. The number of carbonyl (C=O) groups is 1. The summed E-state index contributed by atoms with van der Waals surface area (Å²) in [5, 5.41) is 3.14. The summed E-state index contributed by atoms with van der Waals surface area (Å²) in [6, 6.07) is 10.3. The molecule has 1 saturated heterocycles. The molecule has 1 atom stereocenters. The van der Waals surface area contributed by atoms with Crippen LogP contribution in [0.4, 0.5) is 0 Å². The molecular weight excluding hydrogens is 468 g/mol. The van der Waals surface area contributed by atoms with Crippen molar-refractivity contribution in [1.82, 2.24) is 9.62 Å². The van der Waals surface area contributed by atoms with Crippen LogP contribution in [-0.2, 0) is 21.2 Å². The average molecular weight is 503 g/mol. The Morgan fingerprint density at radius 3 is 2.54 bits per heavy atom. The minimum atomic E-state index is -3.55. The Labute approximate surface area is 207 Å². The number of fused-ring (bicyclic) bond motifs is 1. The lowest BCUT2D eigenvalue weighted by atomic mass is 9.89. The van der Waals surface area contributed by atoms with Gasteiger partial charge in [0.15, 0.2) is 0 Å². The van der Waals surface area contributed by atoms with Crippen LogP contribution in [0.3, 0.4) is 0 Å². The second kappa shape index (κ2) is 10.1. The number of hydrogen-bond donors (Lipinski definition) is 1. The van der Waals surface area contributed by atoms with E-state index in [4.69, 9.17) is 14.2 Å². The summed E-state index contributed by atoms with van der Waals surface area (Å²) in [5.74, 6) is 1.85. The van der Waals surface area contributed by atoms with Crippen molar-refractivity contribution in [1.29, 1.82) is 0 Å². The fourth-order valence-corrected chi connectivity index (χ4v) is 6.36. The number of methoxy groups -OCH3 is 2. The summed E-state index contributed by atoms with van der Waals surface area (Å²) in [5.41, 5.74) is 1.16. The summed E-state index contributed by atoms with van der Waals surface area (Å²) in [7, 11) is -0.396. The van der Waals surface area contributed by atoms with Gasteiger partial charge in [-0.3, -0.25) is 4.79 Å². The van der Waals surface area contributed by atoms with Crippen LogP contribution in [0.25, 0.3) is 0 Å². The van der Waals surface area contributed by atoms with Crippen LogP contribution in [0.2, 0.25) is 0 Å². The van der Waals surface area contributed by atoms with E-state index in [-0.39, 0.29) is 23.3 Å². The maximum absolute atomic E-state index is 13.0. The molecule has 0 spiro atoms. The van der Waals surface area contributed by atoms with Crippen molar-refractivity contribution >= 4 is 15.9 Å². The predicted octanol–water partition coefficient (Wildman–Crippen LogP) is 3.84. The first kappa shape index (κ1) is 25.3. The van der Waals surface area contributed by atoms with Crippen molar-refractivity contribution in [3.63, 3.8) is 0 Å². The summed E-state index contributed by atoms with van der Waals surface area (Å²) < 4.78 is 44.4. The SMILES string of the molecule is COc1ccc2c(c1)OC(C)(C)C[C@@H]2NC(=O)CCc1cc(S(=O)(=O)N2CCCC2)ccc1OC. The van der Waals surface area contributed by atoms with Gasteiger partial charge in [-0.1, -0.05) is 0 Å². The van der Waals surface area contributed by atoms with Gasteiger partial charge >= 0.3 is 0 Å². The minimum absolute atomic E-state index is 0.121. The van der Waals surface area contributed by atoms with Gasteiger partial charge < -0.3 is 19.5 Å². The molecule has 2 aromatic rings. The highest BCUT2D eigenvalue weighted by Gasteiger charge is 2.35. The number of nitrogens with zero attached hydrogens (tertiary/aromatic N) is 1. The van der Waals surface area contributed by atoms with E-state index in [0.29, 0.717) is 48.7 Å². The number of hydrogen-bond acceptors (Lipinski definition) is 6. The van der Waals surface area contributed by atoms with Crippen molar-refractivity contribution in [2.45, 2.75) is 62.5 Å². The van der Waals surface area contributed by atoms with Crippen LogP contribution in [-0.4, -0.2) is 51.5 Å². The molecule has 8 nitrogen and oxygen atoms in total. The Morgan fingerprint density at radius 1 is 1.11 bits per heavy atom. The number of rotatable bonds is 8. The molecule has 2 aliphatic rings. The van der Waals surface area contributed by atoms with Gasteiger partial charge in [0, 0.05) is 37.6 Å². The zero-order valence-electron chi connectivity index (χ0n) is 20.8. The third kappa shape index (κ3) is 5.56. The molecule has 0 radical (unpaired) electrons. The number of ether oxygens (including phenoxy) is 3. The first-order chi connectivity index (χ1) is 16.6. The topological polar surface area (TPSA) is 94.2 Å². The third-order valence-corrected chi connectivity index (χ3v) is 8.48. The van der Waals surface area contributed by atoms with Crippen LogP contribution in [0, 0.1) is 0 Å². The van der Waals surface area contributed by atoms with Crippen molar-refractivity contribution in [3.05, 3.63) is 47.5 Å². The molecule has 2 aliphatic heterocycles. The summed E-state index contributed by atoms with van der Waals surface area (Å²) in [6.45, 7) is 5.07. The largest absolute Gasteiger partial charge is 0.497 e. The zero-order chi connectivity index (χ0) is 25.2. The molecule has 0 unspecified atom stereocenters. The zero-order valence-corrected chi connectivity index (χ0v) is 21.6. The van der Waals surface area contributed by atoms with Gasteiger partial charge in [-0.05, 0) is 69.0 Å². The molecule has 1 fully saturated rings. The number of benzene rings is 2. The lowest BCUT2D eigenvalue weighted by Crippen LogP contribution is -2.41. The highest BCUT2D eigenvalue weighted by molar-refractivity contribution is 7.89. The van der Waals surface area contributed by atoms with Gasteiger partial charge in [0.1, 0.15) is 22.8 Å². The molecule has 0 aromatic heterocycles. The first-order valence-electron chi connectivity index (χ1n) is 12.0. The smallest absolute Gasteiger partial charge is 0.243 e. The van der Waals surface area contributed by atoms with Gasteiger partial charge in [-0.15, -0.1) is 0 Å². The molecular formula is C26H34N2O6S. The Hall–Kier alpha value is -2.78. The normalized spacial score (nSPS) is 19.5. The lowest BCUT2D eigenvalue weighted by Gasteiger charge is -2.38. The molecule has 9 heteroatoms. The van der Waals surface area contributed by atoms with E-state index < -0.39 is 15.6 Å². The standard InChI is InChI=1S/C26H34N2O6S/c1-26(2)17-22(21-10-8-19(32-3)16-24(21)34-26)27-25(29)12-7-18-15-20(9-11-23(18)33-4)35(30,31)28-13-5-6-14-28/h8-11,15-16,22H,5-7,12-14,17H2,1-4H3,(H,27,29)/t22-/m0/s1. The molecule has 2 aromatic carbocycles. The summed E-state index contributed by atoms with van der Waals surface area (Å²) >= 11 is 0. The van der Waals surface area contributed by atoms with Crippen molar-refractivity contribution in [2.75, 3.05) is 27.3 Å².